The van der Waals surface area contributed by atoms with E-state index in [1.54, 1.807) is 6.26 Å². The molecule has 1 aromatic rings. The molecule has 0 aliphatic rings. The molecule has 3 nitrogen and oxygen atoms in total. The molecule has 1 aromatic heterocycles. The molecule has 0 amide bonds. The zero-order valence-electron chi connectivity index (χ0n) is 12.7. The van der Waals surface area contributed by atoms with Gasteiger partial charge in [-0.15, -0.1) is 0 Å². The fraction of sp³-hybridized carbons (Fsp3) is 0.733. The van der Waals surface area contributed by atoms with Crippen LogP contribution in [0.25, 0.3) is 0 Å². The summed E-state index contributed by atoms with van der Waals surface area (Å²) in [6, 6.07) is 2.65. The summed E-state index contributed by atoms with van der Waals surface area (Å²) in [4.78, 5) is 2.33. The van der Waals surface area contributed by atoms with Crippen LogP contribution < -0.4 is 5.32 Å². The first-order chi connectivity index (χ1) is 8.33. The van der Waals surface area contributed by atoms with Crippen LogP contribution in [-0.2, 0) is 13.1 Å². The highest BCUT2D eigenvalue weighted by Gasteiger charge is 2.15. The van der Waals surface area contributed by atoms with Gasteiger partial charge in [-0.2, -0.15) is 0 Å². The van der Waals surface area contributed by atoms with E-state index in [0.717, 1.165) is 25.3 Å². The molecule has 3 heteroatoms. The van der Waals surface area contributed by atoms with Crippen LogP contribution in [0.4, 0.5) is 0 Å². The van der Waals surface area contributed by atoms with Gasteiger partial charge >= 0.3 is 0 Å². The van der Waals surface area contributed by atoms with Gasteiger partial charge in [-0.3, -0.25) is 4.90 Å². The van der Waals surface area contributed by atoms with Crippen molar-refractivity contribution in [3.8, 4) is 0 Å². The molecule has 0 aliphatic carbocycles. The monoisotopic (exact) mass is 252 g/mol. The molecule has 0 saturated carbocycles. The van der Waals surface area contributed by atoms with Gasteiger partial charge in [0.15, 0.2) is 0 Å². The topological polar surface area (TPSA) is 28.4 Å². The highest BCUT2D eigenvalue weighted by Crippen LogP contribution is 2.15. The number of hydrogen-bond donors (Lipinski definition) is 1. The first-order valence-corrected chi connectivity index (χ1v) is 6.84. The SMILES string of the molecule is CCC(C)N(C)Cc1occc1CNC(C)(C)C. The Labute approximate surface area is 112 Å². The fourth-order valence-corrected chi connectivity index (χ4v) is 1.72. The minimum absolute atomic E-state index is 0.136. The third kappa shape index (κ3) is 4.83. The summed E-state index contributed by atoms with van der Waals surface area (Å²) in [5.41, 5.74) is 1.40. The largest absolute Gasteiger partial charge is 0.468 e. The second kappa shape index (κ2) is 6.39. The van der Waals surface area contributed by atoms with E-state index in [4.69, 9.17) is 4.42 Å². The van der Waals surface area contributed by atoms with Crippen LogP contribution in [0.3, 0.4) is 0 Å². The molecule has 18 heavy (non-hydrogen) atoms. The standard InChI is InChI=1S/C15H28N2O/c1-7-12(2)17(6)11-14-13(8-9-18-14)10-16-15(3,4)5/h8-9,12,16H,7,10-11H2,1-6H3. The van der Waals surface area contributed by atoms with Crippen molar-refractivity contribution in [3.63, 3.8) is 0 Å². The normalized spacial score (nSPS) is 14.2. The fourth-order valence-electron chi connectivity index (χ4n) is 1.72. The molecule has 0 aromatic carbocycles. The Bertz CT molecular complexity index is 352. The van der Waals surface area contributed by atoms with E-state index in [9.17, 15) is 0 Å². The van der Waals surface area contributed by atoms with E-state index in [2.05, 4.69) is 57.9 Å². The minimum Gasteiger partial charge on any atom is -0.468 e. The van der Waals surface area contributed by atoms with Crippen molar-refractivity contribution in [2.24, 2.45) is 0 Å². The molecule has 0 saturated heterocycles. The van der Waals surface area contributed by atoms with E-state index >= 15 is 0 Å². The number of nitrogens with one attached hydrogen (secondary N) is 1. The van der Waals surface area contributed by atoms with Gasteiger partial charge in [0.2, 0.25) is 0 Å². The van der Waals surface area contributed by atoms with Gasteiger partial charge in [0, 0.05) is 23.7 Å². The zero-order chi connectivity index (χ0) is 13.8. The molecule has 1 heterocycles. The molecule has 0 fully saturated rings. The predicted octanol–water partition coefficient (Wildman–Crippen LogP) is 3.40. The summed E-state index contributed by atoms with van der Waals surface area (Å²) < 4.78 is 5.61. The first-order valence-electron chi connectivity index (χ1n) is 6.84. The Morgan fingerprint density at radius 2 is 2.06 bits per heavy atom. The maximum Gasteiger partial charge on any atom is 0.122 e. The quantitative estimate of drug-likeness (QED) is 0.841. The Morgan fingerprint density at radius 3 is 2.61 bits per heavy atom. The average Bonchev–Trinajstić information content (AvgIpc) is 2.71. The van der Waals surface area contributed by atoms with Gasteiger partial charge in [-0.25, -0.2) is 0 Å². The first kappa shape index (κ1) is 15.3. The molecule has 1 unspecified atom stereocenters. The summed E-state index contributed by atoms with van der Waals surface area (Å²) in [6.45, 7) is 12.7. The molecule has 0 bridgehead atoms. The van der Waals surface area contributed by atoms with E-state index in [1.807, 2.05) is 0 Å². The van der Waals surface area contributed by atoms with Crippen molar-refractivity contribution in [3.05, 3.63) is 23.7 Å². The van der Waals surface area contributed by atoms with Gasteiger partial charge in [0.25, 0.3) is 0 Å². The van der Waals surface area contributed by atoms with Gasteiger partial charge in [0.05, 0.1) is 12.8 Å². The molecule has 104 valence electrons. The zero-order valence-corrected chi connectivity index (χ0v) is 12.7. The van der Waals surface area contributed by atoms with E-state index in [0.29, 0.717) is 6.04 Å². The molecule has 0 spiro atoms. The van der Waals surface area contributed by atoms with Crippen LogP contribution in [0.15, 0.2) is 16.7 Å². The van der Waals surface area contributed by atoms with Crippen molar-refractivity contribution in [1.82, 2.24) is 10.2 Å². The number of rotatable bonds is 6. The van der Waals surface area contributed by atoms with Crippen LogP contribution >= 0.6 is 0 Å². The lowest BCUT2D eigenvalue weighted by Gasteiger charge is -2.24. The van der Waals surface area contributed by atoms with E-state index < -0.39 is 0 Å². The number of nitrogens with zero attached hydrogens (tertiary/aromatic N) is 1. The predicted molar refractivity (Wildman–Crippen MR) is 76.5 cm³/mol. The van der Waals surface area contributed by atoms with Crippen molar-refractivity contribution < 1.29 is 4.42 Å². The summed E-state index contributed by atoms with van der Waals surface area (Å²) in [5, 5.41) is 3.50. The van der Waals surface area contributed by atoms with Crippen molar-refractivity contribution in [1.29, 1.82) is 0 Å². The van der Waals surface area contributed by atoms with E-state index in [-0.39, 0.29) is 5.54 Å². The summed E-state index contributed by atoms with van der Waals surface area (Å²) in [6.07, 6.45) is 2.95. The Balaban J connectivity index is 2.60. The molecule has 1 N–H and O–H groups in total. The summed E-state index contributed by atoms with van der Waals surface area (Å²) in [5.74, 6) is 1.08. The van der Waals surface area contributed by atoms with Crippen LogP contribution in [-0.4, -0.2) is 23.5 Å². The second-order valence-electron chi connectivity index (χ2n) is 6.14. The maximum absolute atomic E-state index is 5.61. The van der Waals surface area contributed by atoms with Gasteiger partial charge in [-0.05, 0) is 47.2 Å². The van der Waals surface area contributed by atoms with Gasteiger partial charge < -0.3 is 9.73 Å². The van der Waals surface area contributed by atoms with Gasteiger partial charge in [-0.1, -0.05) is 6.92 Å². The summed E-state index contributed by atoms with van der Waals surface area (Å²) >= 11 is 0. The Hall–Kier alpha value is -0.800. The number of hydrogen-bond acceptors (Lipinski definition) is 3. The highest BCUT2D eigenvalue weighted by atomic mass is 16.3. The molecular weight excluding hydrogens is 224 g/mol. The third-order valence-electron chi connectivity index (χ3n) is 3.38. The molecule has 1 atom stereocenters. The summed E-state index contributed by atoms with van der Waals surface area (Å²) in [7, 11) is 2.15. The minimum atomic E-state index is 0.136. The lowest BCUT2D eigenvalue weighted by Crippen LogP contribution is -2.35. The molecule has 0 aliphatic heterocycles. The van der Waals surface area contributed by atoms with Crippen molar-refractivity contribution in [2.75, 3.05) is 7.05 Å². The lowest BCUT2D eigenvalue weighted by molar-refractivity contribution is 0.223. The third-order valence-corrected chi connectivity index (χ3v) is 3.38. The Kier molecular flexibility index (Phi) is 5.42. The molecule has 0 radical (unpaired) electrons. The smallest absolute Gasteiger partial charge is 0.122 e. The van der Waals surface area contributed by atoms with E-state index in [1.165, 1.54) is 5.56 Å². The molecule has 1 rings (SSSR count). The van der Waals surface area contributed by atoms with Crippen LogP contribution in [0.5, 0.6) is 0 Å². The highest BCUT2D eigenvalue weighted by molar-refractivity contribution is 5.17. The lowest BCUT2D eigenvalue weighted by atomic mass is 10.1. The Morgan fingerprint density at radius 1 is 1.39 bits per heavy atom. The van der Waals surface area contributed by atoms with Crippen LogP contribution in [0.1, 0.15) is 52.4 Å². The average molecular weight is 252 g/mol. The van der Waals surface area contributed by atoms with Crippen molar-refractivity contribution >= 4 is 0 Å². The second-order valence-corrected chi connectivity index (χ2v) is 6.14. The van der Waals surface area contributed by atoms with Crippen LogP contribution in [0, 0.1) is 0 Å². The van der Waals surface area contributed by atoms with Gasteiger partial charge in [0.1, 0.15) is 5.76 Å². The number of furan rings is 1. The maximum atomic E-state index is 5.61. The van der Waals surface area contributed by atoms with Crippen molar-refractivity contribution in [2.45, 2.75) is 65.7 Å². The van der Waals surface area contributed by atoms with Crippen LogP contribution in [0.2, 0.25) is 0 Å². The molecular formula is C15H28N2O.